The van der Waals surface area contributed by atoms with Crippen molar-refractivity contribution in [3.63, 3.8) is 0 Å². The van der Waals surface area contributed by atoms with Crippen LogP contribution in [0.25, 0.3) is 0 Å². The molecule has 0 atom stereocenters. The van der Waals surface area contributed by atoms with Crippen LogP contribution >= 0.6 is 0 Å². The van der Waals surface area contributed by atoms with Gasteiger partial charge in [-0.05, 0) is 24.6 Å². The molecule has 84 valence electrons. The summed E-state index contributed by atoms with van der Waals surface area (Å²) in [5, 5.41) is 0. The second kappa shape index (κ2) is 5.04. The molecular weight excluding hydrogens is 214 g/mol. The molecule has 2 rings (SSSR count). The van der Waals surface area contributed by atoms with Crippen molar-refractivity contribution in [2.24, 2.45) is 0 Å². The van der Waals surface area contributed by atoms with E-state index >= 15 is 0 Å². The molecule has 2 radical (unpaired) electrons. The van der Waals surface area contributed by atoms with Gasteiger partial charge in [-0.2, -0.15) is 0 Å². The first kappa shape index (κ1) is 11.7. The summed E-state index contributed by atoms with van der Waals surface area (Å²) in [4.78, 5) is 0. The molecule has 1 nitrogen and oxygen atoms in total. The van der Waals surface area contributed by atoms with Crippen molar-refractivity contribution in [2.45, 2.75) is 13.5 Å². The van der Waals surface area contributed by atoms with E-state index in [0.717, 1.165) is 0 Å². The minimum atomic E-state index is -0.206. The minimum Gasteiger partial charge on any atom is -0.489 e. The van der Waals surface area contributed by atoms with E-state index in [2.05, 4.69) is 0 Å². The predicted molar refractivity (Wildman–Crippen MR) is 67.3 cm³/mol. The third kappa shape index (κ3) is 2.87. The maximum atomic E-state index is 13.7. The van der Waals surface area contributed by atoms with Crippen LogP contribution in [0.1, 0.15) is 11.1 Å². The van der Waals surface area contributed by atoms with E-state index in [4.69, 9.17) is 12.6 Å². The van der Waals surface area contributed by atoms with Gasteiger partial charge in [-0.1, -0.05) is 35.8 Å². The first-order chi connectivity index (χ1) is 8.16. The Bertz CT molecular complexity index is 508. The summed E-state index contributed by atoms with van der Waals surface area (Å²) >= 11 is 0. The molecule has 0 heterocycles. The second-order valence-corrected chi connectivity index (χ2v) is 3.91. The molecule has 3 heteroatoms. The van der Waals surface area contributed by atoms with E-state index < -0.39 is 0 Å². The monoisotopic (exact) mass is 226 g/mol. The Hall–Kier alpha value is -1.77. The zero-order chi connectivity index (χ0) is 12.3. The molecule has 0 aliphatic heterocycles. The predicted octanol–water partition coefficient (Wildman–Crippen LogP) is 2.51. The maximum absolute atomic E-state index is 13.7. The number of halogens is 1. The van der Waals surface area contributed by atoms with Gasteiger partial charge >= 0.3 is 0 Å². The van der Waals surface area contributed by atoms with E-state index in [9.17, 15) is 4.39 Å². The molecule has 0 saturated heterocycles. The largest absolute Gasteiger partial charge is 0.489 e. The maximum Gasteiger partial charge on any atom is 0.132 e. The van der Waals surface area contributed by atoms with Crippen molar-refractivity contribution >= 4 is 13.3 Å². The Morgan fingerprint density at radius 2 is 1.82 bits per heavy atom. The average Bonchev–Trinajstić information content (AvgIpc) is 2.33. The van der Waals surface area contributed by atoms with Crippen LogP contribution in [-0.4, -0.2) is 7.85 Å². The van der Waals surface area contributed by atoms with E-state index in [1.54, 1.807) is 43.3 Å². The van der Waals surface area contributed by atoms with Gasteiger partial charge in [0.25, 0.3) is 0 Å². The molecular formula is C14H12BFO. The summed E-state index contributed by atoms with van der Waals surface area (Å²) in [6.45, 7) is 1.96. The van der Waals surface area contributed by atoms with Crippen molar-refractivity contribution in [1.29, 1.82) is 0 Å². The zero-order valence-electron chi connectivity index (χ0n) is 9.61. The van der Waals surface area contributed by atoms with Gasteiger partial charge in [0.1, 0.15) is 26.0 Å². The molecule has 0 aromatic heterocycles. The lowest BCUT2D eigenvalue weighted by atomic mass is 9.97. The molecule has 2 aromatic carbocycles. The van der Waals surface area contributed by atoms with Crippen LogP contribution in [0, 0.1) is 12.7 Å². The van der Waals surface area contributed by atoms with E-state index in [1.807, 2.05) is 6.07 Å². The fourth-order valence-corrected chi connectivity index (χ4v) is 1.54. The van der Waals surface area contributed by atoms with Crippen LogP contribution < -0.4 is 10.2 Å². The molecule has 0 aliphatic rings. The highest BCUT2D eigenvalue weighted by Gasteiger charge is 2.05. The van der Waals surface area contributed by atoms with Crippen LogP contribution in [-0.2, 0) is 6.61 Å². The Kier molecular flexibility index (Phi) is 3.47. The topological polar surface area (TPSA) is 9.23 Å². The van der Waals surface area contributed by atoms with Crippen LogP contribution in [0.3, 0.4) is 0 Å². The first-order valence-corrected chi connectivity index (χ1v) is 5.39. The standard InChI is InChI=1S/C14H12BFO/c1-10-3-2-4-11(14(10)16)9-17-13-7-5-12(15)6-8-13/h2-8H,9H2,1H3. The van der Waals surface area contributed by atoms with Gasteiger partial charge in [0.05, 0.1) is 0 Å². The van der Waals surface area contributed by atoms with Crippen LogP contribution in [0.4, 0.5) is 4.39 Å². The highest BCUT2D eigenvalue weighted by molar-refractivity contribution is 6.32. The van der Waals surface area contributed by atoms with Gasteiger partial charge in [-0.15, -0.1) is 0 Å². The lowest BCUT2D eigenvalue weighted by molar-refractivity contribution is 0.299. The summed E-state index contributed by atoms with van der Waals surface area (Å²) in [7, 11) is 5.56. The molecule has 0 aliphatic carbocycles. The summed E-state index contributed by atoms with van der Waals surface area (Å²) in [5.74, 6) is 0.475. The number of rotatable bonds is 3. The van der Waals surface area contributed by atoms with Crippen LogP contribution in [0.15, 0.2) is 42.5 Å². The zero-order valence-corrected chi connectivity index (χ0v) is 9.61. The normalized spacial score (nSPS) is 10.2. The molecule has 0 amide bonds. The van der Waals surface area contributed by atoms with Gasteiger partial charge in [-0.3, -0.25) is 0 Å². The lowest BCUT2D eigenvalue weighted by Crippen LogP contribution is -2.03. The molecule has 0 spiro atoms. The van der Waals surface area contributed by atoms with Crippen LogP contribution in [0.2, 0.25) is 0 Å². The minimum absolute atomic E-state index is 0.206. The lowest BCUT2D eigenvalue weighted by Gasteiger charge is -2.08. The third-order valence-electron chi connectivity index (χ3n) is 2.55. The first-order valence-electron chi connectivity index (χ1n) is 5.39. The van der Waals surface area contributed by atoms with Crippen molar-refractivity contribution in [1.82, 2.24) is 0 Å². The molecule has 0 fully saturated rings. The van der Waals surface area contributed by atoms with Gasteiger partial charge in [0.2, 0.25) is 0 Å². The van der Waals surface area contributed by atoms with Crippen molar-refractivity contribution in [3.8, 4) is 5.75 Å². The van der Waals surface area contributed by atoms with Crippen LogP contribution in [0.5, 0.6) is 5.75 Å². The highest BCUT2D eigenvalue weighted by Crippen LogP contribution is 2.15. The fourth-order valence-electron chi connectivity index (χ4n) is 1.54. The Morgan fingerprint density at radius 1 is 1.12 bits per heavy atom. The highest BCUT2D eigenvalue weighted by atomic mass is 19.1. The number of hydrogen-bond donors (Lipinski definition) is 0. The smallest absolute Gasteiger partial charge is 0.132 e. The molecule has 2 aromatic rings. The molecule has 0 saturated carbocycles. The SMILES string of the molecule is [B]c1ccc(OCc2cccc(C)c2F)cc1. The fraction of sp³-hybridized carbons (Fsp3) is 0.143. The number of aryl methyl sites for hydroxylation is 1. The Morgan fingerprint density at radius 3 is 2.53 bits per heavy atom. The third-order valence-corrected chi connectivity index (χ3v) is 2.55. The van der Waals surface area contributed by atoms with Crippen molar-refractivity contribution < 1.29 is 9.13 Å². The van der Waals surface area contributed by atoms with Crippen molar-refractivity contribution in [3.05, 3.63) is 59.4 Å². The summed E-state index contributed by atoms with van der Waals surface area (Å²) in [6.07, 6.45) is 0. The molecule has 0 bridgehead atoms. The van der Waals surface area contributed by atoms with Crippen molar-refractivity contribution in [2.75, 3.05) is 0 Å². The van der Waals surface area contributed by atoms with Gasteiger partial charge < -0.3 is 4.74 Å². The molecule has 0 N–H and O–H groups in total. The van der Waals surface area contributed by atoms with Gasteiger partial charge in [0.15, 0.2) is 0 Å². The second-order valence-electron chi connectivity index (χ2n) is 3.91. The summed E-state index contributed by atoms with van der Waals surface area (Å²) in [6, 6.07) is 12.3. The van der Waals surface area contributed by atoms with E-state index in [-0.39, 0.29) is 12.4 Å². The Balaban J connectivity index is 2.07. The molecule has 0 unspecified atom stereocenters. The number of ether oxygens (including phenoxy) is 1. The summed E-state index contributed by atoms with van der Waals surface area (Å²) in [5.41, 5.74) is 1.87. The van der Waals surface area contributed by atoms with E-state index in [1.165, 1.54) is 0 Å². The number of benzene rings is 2. The molecule has 17 heavy (non-hydrogen) atoms. The summed E-state index contributed by atoms with van der Waals surface area (Å²) < 4.78 is 19.2. The van der Waals surface area contributed by atoms with Gasteiger partial charge in [-0.25, -0.2) is 4.39 Å². The van der Waals surface area contributed by atoms with Gasteiger partial charge in [0, 0.05) is 5.56 Å². The quantitative estimate of drug-likeness (QED) is 0.730. The Labute approximate surface area is 102 Å². The number of hydrogen-bond acceptors (Lipinski definition) is 1. The average molecular weight is 226 g/mol. The van der Waals surface area contributed by atoms with E-state index in [0.29, 0.717) is 22.3 Å².